The van der Waals surface area contributed by atoms with Crippen molar-refractivity contribution < 1.29 is 27.5 Å². The summed E-state index contributed by atoms with van der Waals surface area (Å²) in [6.45, 7) is 2.75. The molecule has 4 amide bonds. The number of sulfone groups is 1. The number of amides is 4. The Morgan fingerprint density at radius 1 is 1.06 bits per heavy atom. The number of imide groups is 1. The molecule has 0 aliphatic carbocycles. The highest BCUT2D eigenvalue weighted by atomic mass is 32.2. The largest absolute Gasteiger partial charge is 0.381 e. The van der Waals surface area contributed by atoms with Gasteiger partial charge in [-0.05, 0) is 61.6 Å². The van der Waals surface area contributed by atoms with Crippen LogP contribution < -0.4 is 16.0 Å². The van der Waals surface area contributed by atoms with Gasteiger partial charge in [-0.1, -0.05) is 25.1 Å². The predicted molar refractivity (Wildman–Crippen MR) is 131 cm³/mol. The van der Waals surface area contributed by atoms with Crippen LogP contribution in [0.4, 0.5) is 16.2 Å². The molecule has 1 unspecified atom stereocenters. The molecule has 0 aromatic heterocycles. The number of rotatable bonds is 6. The lowest BCUT2D eigenvalue weighted by molar-refractivity contribution is -0.138. The average Bonchev–Trinajstić information content (AvgIpc) is 2.86. The highest BCUT2D eigenvalue weighted by molar-refractivity contribution is 7.92. The van der Waals surface area contributed by atoms with E-state index < -0.39 is 26.5 Å². The molecule has 0 bridgehead atoms. The first-order valence-corrected chi connectivity index (χ1v) is 13.2. The van der Waals surface area contributed by atoms with Crippen molar-refractivity contribution in [2.24, 2.45) is 0 Å². The van der Waals surface area contributed by atoms with E-state index >= 15 is 0 Å². The molecule has 2 heterocycles. The first-order valence-electron chi connectivity index (χ1n) is 11.7. The van der Waals surface area contributed by atoms with E-state index in [1.165, 1.54) is 12.1 Å². The summed E-state index contributed by atoms with van der Waals surface area (Å²) < 4.78 is 31.1. The maximum atomic E-state index is 12.9. The van der Waals surface area contributed by atoms with Crippen LogP contribution in [0.2, 0.25) is 0 Å². The quantitative estimate of drug-likeness (QED) is 0.523. The van der Waals surface area contributed by atoms with E-state index in [1.54, 1.807) is 36.4 Å². The van der Waals surface area contributed by atoms with Crippen LogP contribution in [0, 0.1) is 0 Å². The molecular formula is C25H29N3O6S. The molecule has 2 aliphatic heterocycles. The van der Waals surface area contributed by atoms with Gasteiger partial charge in [0.1, 0.15) is 0 Å². The fraction of sp³-hybridized carbons (Fsp3) is 0.400. The first kappa shape index (κ1) is 24.9. The van der Waals surface area contributed by atoms with E-state index in [0.29, 0.717) is 50.3 Å². The summed E-state index contributed by atoms with van der Waals surface area (Å²) in [6.07, 6.45) is 2.17. The number of ether oxygens (including phenoxy) is 1. The summed E-state index contributed by atoms with van der Waals surface area (Å²) >= 11 is 0. The topological polar surface area (TPSA) is 131 Å². The molecule has 2 saturated heterocycles. The minimum atomic E-state index is -3.52. The smallest absolute Gasteiger partial charge is 0.323 e. The van der Waals surface area contributed by atoms with Gasteiger partial charge in [-0.3, -0.25) is 14.9 Å². The fourth-order valence-electron chi connectivity index (χ4n) is 4.66. The summed E-state index contributed by atoms with van der Waals surface area (Å²) in [5.74, 6) is -0.566. The number of hydrogen-bond donors (Lipinski definition) is 3. The molecule has 10 heteroatoms. The molecule has 1 atom stereocenters. The molecular weight excluding hydrogens is 470 g/mol. The second kappa shape index (κ2) is 10.2. The second-order valence-corrected chi connectivity index (χ2v) is 11.1. The van der Waals surface area contributed by atoms with Gasteiger partial charge in [-0.25, -0.2) is 13.2 Å². The van der Waals surface area contributed by atoms with Gasteiger partial charge in [0.2, 0.25) is 11.8 Å². The lowest BCUT2D eigenvalue weighted by Crippen LogP contribution is -2.51. The Morgan fingerprint density at radius 3 is 2.40 bits per heavy atom. The lowest BCUT2D eigenvalue weighted by atomic mass is 9.72. The Bertz CT molecular complexity index is 1220. The summed E-state index contributed by atoms with van der Waals surface area (Å²) in [5.41, 5.74) is 0.879. The zero-order valence-corrected chi connectivity index (χ0v) is 20.3. The van der Waals surface area contributed by atoms with Crippen LogP contribution in [-0.2, 0) is 29.6 Å². The van der Waals surface area contributed by atoms with Crippen LogP contribution in [0.5, 0.6) is 0 Å². The summed E-state index contributed by atoms with van der Waals surface area (Å²) in [4.78, 5) is 36.8. The molecule has 3 N–H and O–H groups in total. The Morgan fingerprint density at radius 2 is 1.74 bits per heavy atom. The van der Waals surface area contributed by atoms with Gasteiger partial charge in [-0.2, -0.15) is 0 Å². The number of carbonyl (C=O) groups is 3. The van der Waals surface area contributed by atoms with Crippen molar-refractivity contribution in [3.8, 4) is 0 Å². The van der Waals surface area contributed by atoms with Crippen molar-refractivity contribution in [3.63, 3.8) is 0 Å². The van der Waals surface area contributed by atoms with Crippen LogP contribution in [0.25, 0.3) is 0 Å². The normalized spacial score (nSPS) is 21.3. The number of piperidine rings is 1. The van der Waals surface area contributed by atoms with Crippen LogP contribution in [-0.4, -0.2) is 44.7 Å². The number of hydrogen-bond acceptors (Lipinski definition) is 6. The number of benzene rings is 2. The molecule has 186 valence electrons. The van der Waals surface area contributed by atoms with Gasteiger partial charge in [0.25, 0.3) is 0 Å². The number of urea groups is 1. The van der Waals surface area contributed by atoms with E-state index in [4.69, 9.17) is 4.74 Å². The summed E-state index contributed by atoms with van der Waals surface area (Å²) in [7, 11) is -3.52. The molecule has 35 heavy (non-hydrogen) atoms. The molecule has 0 radical (unpaired) electrons. The maximum Gasteiger partial charge on any atom is 0.323 e. The molecule has 0 saturated carbocycles. The zero-order chi connectivity index (χ0) is 25.1. The fourth-order valence-corrected chi connectivity index (χ4v) is 6.42. The van der Waals surface area contributed by atoms with Gasteiger partial charge in [0.05, 0.1) is 15.6 Å². The summed E-state index contributed by atoms with van der Waals surface area (Å²) in [6, 6.07) is 12.6. The average molecular weight is 500 g/mol. The maximum absolute atomic E-state index is 12.9. The monoisotopic (exact) mass is 499 g/mol. The standard InChI is InChI=1S/C25H29N3O6S/c1-2-25(13-10-22(29)28-23(25)30)17-6-8-18(9-7-17)26-24(31)27-19-4-3-5-21(16-19)35(32,33)20-11-14-34-15-12-20/h3-9,16,20H,2,10-15H2,1H3,(H2,26,27,31)(H,28,29,30). The number of anilines is 2. The van der Waals surface area contributed by atoms with E-state index in [-0.39, 0.29) is 23.1 Å². The van der Waals surface area contributed by atoms with Gasteiger partial charge in [0, 0.05) is 31.0 Å². The van der Waals surface area contributed by atoms with E-state index in [0.717, 1.165) is 5.56 Å². The molecule has 2 fully saturated rings. The highest BCUT2D eigenvalue weighted by Crippen LogP contribution is 2.36. The van der Waals surface area contributed by atoms with Crippen molar-refractivity contribution in [2.75, 3.05) is 23.8 Å². The molecule has 2 aromatic rings. The van der Waals surface area contributed by atoms with E-state index in [2.05, 4.69) is 16.0 Å². The molecule has 9 nitrogen and oxygen atoms in total. The predicted octanol–water partition coefficient (Wildman–Crippen LogP) is 3.37. The SMILES string of the molecule is CCC1(c2ccc(NC(=O)Nc3cccc(S(=O)(=O)C4CCOCC4)c3)cc2)CCC(=O)NC1=O. The van der Waals surface area contributed by atoms with Crippen LogP contribution >= 0.6 is 0 Å². The Balaban J connectivity index is 1.42. The van der Waals surface area contributed by atoms with Crippen LogP contribution in [0.3, 0.4) is 0 Å². The Kier molecular flexibility index (Phi) is 7.23. The third-order valence-corrected chi connectivity index (χ3v) is 9.05. The minimum Gasteiger partial charge on any atom is -0.381 e. The van der Waals surface area contributed by atoms with Gasteiger partial charge in [0.15, 0.2) is 9.84 Å². The van der Waals surface area contributed by atoms with Crippen LogP contribution in [0.1, 0.15) is 44.6 Å². The molecule has 2 aromatic carbocycles. The van der Waals surface area contributed by atoms with Crippen molar-refractivity contribution in [2.45, 2.75) is 54.6 Å². The lowest BCUT2D eigenvalue weighted by Gasteiger charge is -2.35. The number of nitrogens with one attached hydrogen (secondary N) is 3. The number of carbonyl (C=O) groups excluding carboxylic acids is 3. The third-order valence-electron chi connectivity index (χ3n) is 6.79. The van der Waals surface area contributed by atoms with Crippen molar-refractivity contribution >= 4 is 39.1 Å². The minimum absolute atomic E-state index is 0.167. The van der Waals surface area contributed by atoms with E-state index in [9.17, 15) is 22.8 Å². The zero-order valence-electron chi connectivity index (χ0n) is 19.5. The van der Waals surface area contributed by atoms with Gasteiger partial charge >= 0.3 is 6.03 Å². The second-order valence-electron chi connectivity index (χ2n) is 8.85. The first-order chi connectivity index (χ1) is 16.7. The Labute approximate surface area is 204 Å². The summed E-state index contributed by atoms with van der Waals surface area (Å²) in [5, 5.41) is 7.33. The van der Waals surface area contributed by atoms with Crippen LogP contribution in [0.15, 0.2) is 53.4 Å². The molecule has 2 aliphatic rings. The van der Waals surface area contributed by atoms with Gasteiger partial charge < -0.3 is 15.4 Å². The van der Waals surface area contributed by atoms with Crippen molar-refractivity contribution in [3.05, 3.63) is 54.1 Å². The van der Waals surface area contributed by atoms with Crippen molar-refractivity contribution in [1.29, 1.82) is 0 Å². The van der Waals surface area contributed by atoms with Gasteiger partial charge in [-0.15, -0.1) is 0 Å². The highest BCUT2D eigenvalue weighted by Gasteiger charge is 2.42. The van der Waals surface area contributed by atoms with E-state index in [1.807, 2.05) is 6.92 Å². The third kappa shape index (κ3) is 5.23. The molecule has 4 rings (SSSR count). The Hall–Kier alpha value is -3.24. The molecule has 0 spiro atoms. The van der Waals surface area contributed by atoms with Crippen molar-refractivity contribution in [1.82, 2.24) is 5.32 Å².